The summed E-state index contributed by atoms with van der Waals surface area (Å²) in [4.78, 5) is 19.7. The van der Waals surface area contributed by atoms with Gasteiger partial charge < -0.3 is 0 Å². The van der Waals surface area contributed by atoms with Gasteiger partial charge in [0.15, 0.2) is 0 Å². The first-order chi connectivity index (χ1) is 11.4. The molecule has 0 aromatic heterocycles. The van der Waals surface area contributed by atoms with Crippen molar-refractivity contribution in [2.75, 3.05) is 0 Å². The maximum absolute atomic E-state index is 10.2. The molecule has 0 heterocycles. The predicted molar refractivity (Wildman–Crippen MR) is 98.4 cm³/mol. The van der Waals surface area contributed by atoms with Gasteiger partial charge in [-0.05, 0) is 13.8 Å². The first-order valence-electron chi connectivity index (χ1n) is 7.83. The van der Waals surface area contributed by atoms with Crippen molar-refractivity contribution in [2.45, 2.75) is 41.5 Å². The van der Waals surface area contributed by atoms with Crippen molar-refractivity contribution < 1.29 is 9.85 Å². The molecule has 0 aliphatic carbocycles. The van der Waals surface area contributed by atoms with Crippen molar-refractivity contribution in [3.05, 3.63) is 79.9 Å². The second kappa shape index (κ2) is 13.9. The highest BCUT2D eigenvalue weighted by molar-refractivity contribution is 5.38. The van der Waals surface area contributed by atoms with E-state index in [0.717, 1.165) is 0 Å². The zero-order valence-corrected chi connectivity index (χ0v) is 15.1. The molecule has 132 valence electrons. The predicted octanol–water partition coefficient (Wildman–Crippen LogP) is 5.86. The fraction of sp³-hybridized carbons (Fsp3) is 0.333. The molecule has 24 heavy (non-hydrogen) atoms. The Morgan fingerprint density at radius 2 is 0.875 bits per heavy atom. The van der Waals surface area contributed by atoms with Gasteiger partial charge in [0.25, 0.3) is 11.4 Å². The smallest absolute Gasteiger partial charge is 0.258 e. The van der Waals surface area contributed by atoms with E-state index in [2.05, 4.69) is 0 Å². The van der Waals surface area contributed by atoms with Crippen LogP contribution in [0.2, 0.25) is 0 Å². The second-order valence-electron chi connectivity index (χ2n) is 4.09. The molecule has 0 aliphatic heterocycles. The van der Waals surface area contributed by atoms with Gasteiger partial charge in [0.05, 0.1) is 9.85 Å². The van der Waals surface area contributed by atoms with Crippen LogP contribution in [0, 0.1) is 34.1 Å². The van der Waals surface area contributed by atoms with E-state index in [1.54, 1.807) is 50.2 Å². The number of rotatable bonds is 2. The molecule has 2 aromatic carbocycles. The Morgan fingerprint density at radius 3 is 1.04 bits per heavy atom. The average molecular weight is 334 g/mol. The van der Waals surface area contributed by atoms with E-state index >= 15 is 0 Å². The molecule has 2 rings (SSSR count). The summed E-state index contributed by atoms with van der Waals surface area (Å²) in [7, 11) is 0. The molecule has 0 saturated heterocycles. The van der Waals surface area contributed by atoms with Crippen molar-refractivity contribution in [1.29, 1.82) is 0 Å². The maximum Gasteiger partial charge on any atom is 0.272 e. The summed E-state index contributed by atoms with van der Waals surface area (Å²) in [5.74, 6) is 0. The van der Waals surface area contributed by atoms with E-state index in [1.165, 1.54) is 12.1 Å². The van der Waals surface area contributed by atoms with Crippen molar-refractivity contribution in [3.63, 3.8) is 0 Å². The van der Waals surface area contributed by atoms with E-state index in [4.69, 9.17) is 0 Å². The van der Waals surface area contributed by atoms with Gasteiger partial charge in [-0.2, -0.15) is 0 Å². The molecule has 6 heteroatoms. The first kappa shape index (κ1) is 23.5. The normalized spacial score (nSPS) is 8.25. The van der Waals surface area contributed by atoms with Crippen LogP contribution in [0.5, 0.6) is 0 Å². The largest absolute Gasteiger partial charge is 0.272 e. The summed E-state index contributed by atoms with van der Waals surface area (Å²) in [6.45, 7) is 11.4. The standard InChI is InChI=1S/2C7H7NO2.2C2H6/c2*1-6-4-2-3-5-7(6)8(9)10;2*1-2/h2*2-5H,1H3;2*1-2H3. The molecule has 0 atom stereocenters. The number of hydrogen-bond donors (Lipinski definition) is 0. The van der Waals surface area contributed by atoms with Crippen molar-refractivity contribution in [3.8, 4) is 0 Å². The van der Waals surface area contributed by atoms with E-state index in [1.807, 2.05) is 27.7 Å². The quantitative estimate of drug-likeness (QED) is 0.508. The van der Waals surface area contributed by atoms with E-state index in [-0.39, 0.29) is 21.2 Å². The highest BCUT2D eigenvalue weighted by atomic mass is 16.6. The van der Waals surface area contributed by atoms with E-state index in [0.29, 0.717) is 11.1 Å². The lowest BCUT2D eigenvalue weighted by molar-refractivity contribution is -0.385. The molecule has 2 aromatic rings. The zero-order valence-electron chi connectivity index (χ0n) is 15.1. The van der Waals surface area contributed by atoms with Crippen LogP contribution in [0.15, 0.2) is 48.5 Å². The minimum Gasteiger partial charge on any atom is -0.258 e. The Morgan fingerprint density at radius 1 is 0.625 bits per heavy atom. The van der Waals surface area contributed by atoms with Crippen LogP contribution in [0.25, 0.3) is 0 Å². The van der Waals surface area contributed by atoms with Crippen LogP contribution in [0.3, 0.4) is 0 Å². The van der Waals surface area contributed by atoms with Gasteiger partial charge in [0.1, 0.15) is 0 Å². The topological polar surface area (TPSA) is 86.3 Å². The SMILES string of the molecule is CC.CC.Cc1ccccc1[N+](=O)[O-].Cc1ccccc1[N+](=O)[O-]. The average Bonchev–Trinajstić information content (AvgIpc) is 2.59. The minimum absolute atomic E-state index is 0.183. The first-order valence-corrected chi connectivity index (χ1v) is 7.83. The van der Waals surface area contributed by atoms with Crippen LogP contribution in [0.4, 0.5) is 11.4 Å². The second-order valence-corrected chi connectivity index (χ2v) is 4.09. The molecule has 0 aliphatic rings. The molecule has 0 spiro atoms. The van der Waals surface area contributed by atoms with E-state index < -0.39 is 0 Å². The van der Waals surface area contributed by atoms with Gasteiger partial charge >= 0.3 is 0 Å². The van der Waals surface area contributed by atoms with Gasteiger partial charge in [0.2, 0.25) is 0 Å². The lowest BCUT2D eigenvalue weighted by Crippen LogP contribution is -1.89. The summed E-state index contributed by atoms with van der Waals surface area (Å²) < 4.78 is 0. The number of nitro benzene ring substituents is 2. The van der Waals surface area contributed by atoms with Crippen molar-refractivity contribution in [1.82, 2.24) is 0 Å². The van der Waals surface area contributed by atoms with Gasteiger partial charge in [0, 0.05) is 23.3 Å². The molecule has 0 amide bonds. The van der Waals surface area contributed by atoms with Crippen LogP contribution in [-0.4, -0.2) is 9.85 Å². The summed E-state index contributed by atoms with van der Waals surface area (Å²) in [6, 6.07) is 13.3. The number of nitrogens with zero attached hydrogens (tertiary/aromatic N) is 2. The molecular weight excluding hydrogens is 308 g/mol. The fourth-order valence-electron chi connectivity index (χ4n) is 1.54. The number of aryl methyl sites for hydroxylation is 2. The number of para-hydroxylation sites is 2. The Bertz CT molecular complexity index is 572. The van der Waals surface area contributed by atoms with Crippen LogP contribution in [-0.2, 0) is 0 Å². The third-order valence-electron chi connectivity index (χ3n) is 2.62. The molecule has 0 bridgehead atoms. The van der Waals surface area contributed by atoms with Gasteiger partial charge in [-0.1, -0.05) is 64.1 Å². The molecule has 0 saturated carbocycles. The molecule has 0 radical (unpaired) electrons. The Hall–Kier alpha value is -2.76. The third-order valence-corrected chi connectivity index (χ3v) is 2.62. The van der Waals surface area contributed by atoms with Gasteiger partial charge in [-0.3, -0.25) is 20.2 Å². The third kappa shape index (κ3) is 8.63. The van der Waals surface area contributed by atoms with E-state index in [9.17, 15) is 20.2 Å². The molecule has 0 N–H and O–H groups in total. The van der Waals surface area contributed by atoms with Gasteiger partial charge in [-0.15, -0.1) is 0 Å². The monoisotopic (exact) mass is 334 g/mol. The highest BCUT2D eigenvalue weighted by Crippen LogP contribution is 2.15. The fourth-order valence-corrected chi connectivity index (χ4v) is 1.54. The number of nitro groups is 2. The van der Waals surface area contributed by atoms with Gasteiger partial charge in [-0.25, -0.2) is 0 Å². The Balaban J connectivity index is 0. The van der Waals surface area contributed by atoms with Crippen molar-refractivity contribution >= 4 is 11.4 Å². The lowest BCUT2D eigenvalue weighted by atomic mass is 10.2. The summed E-state index contributed by atoms with van der Waals surface area (Å²) in [5, 5.41) is 20.5. The highest BCUT2D eigenvalue weighted by Gasteiger charge is 2.06. The molecule has 0 fully saturated rings. The number of benzene rings is 2. The molecule has 6 nitrogen and oxygen atoms in total. The number of hydrogen-bond acceptors (Lipinski definition) is 4. The zero-order chi connectivity index (χ0) is 19.1. The Kier molecular flexibility index (Phi) is 13.6. The summed E-state index contributed by atoms with van der Waals surface area (Å²) in [5.41, 5.74) is 1.77. The lowest BCUT2D eigenvalue weighted by Gasteiger charge is -1.92. The van der Waals surface area contributed by atoms with Crippen molar-refractivity contribution in [2.24, 2.45) is 0 Å². The maximum atomic E-state index is 10.2. The van der Waals surface area contributed by atoms with Crippen LogP contribution < -0.4 is 0 Å². The minimum atomic E-state index is -0.380. The van der Waals surface area contributed by atoms with Crippen LogP contribution >= 0.6 is 0 Å². The summed E-state index contributed by atoms with van der Waals surface area (Å²) >= 11 is 0. The summed E-state index contributed by atoms with van der Waals surface area (Å²) in [6.07, 6.45) is 0. The Labute approximate surface area is 143 Å². The molecular formula is C18H26N2O4. The van der Waals surface area contributed by atoms with Crippen LogP contribution in [0.1, 0.15) is 38.8 Å². The molecule has 0 unspecified atom stereocenters.